The lowest BCUT2D eigenvalue weighted by molar-refractivity contribution is -0.128. The van der Waals surface area contributed by atoms with Crippen LogP contribution in [0.15, 0.2) is 30.3 Å². The molecule has 2 N–H and O–H groups in total. The Balaban J connectivity index is 1.72. The van der Waals surface area contributed by atoms with Crippen LogP contribution in [0.1, 0.15) is 57.3 Å². The van der Waals surface area contributed by atoms with Crippen molar-refractivity contribution in [1.82, 2.24) is 15.5 Å². The standard InChI is InChI=1S/C25H37N3O4/c1-17(2)25(3,4)14-19(26-23(30)18-10-6-5-7-11-18)24(31)27-22-20(29)16-32-21(22)15-28-12-8-9-13-28/h5-7,10-11,17,19,21-22H,8-9,12-16H2,1-4H3,(H,26,30)(H,27,31)/t19?,21-,22?/m0/s1. The van der Waals surface area contributed by atoms with Crippen LogP contribution in [-0.2, 0) is 14.3 Å². The fraction of sp³-hybridized carbons (Fsp3) is 0.640. The molecule has 2 saturated heterocycles. The molecular formula is C25H37N3O4. The van der Waals surface area contributed by atoms with Gasteiger partial charge in [0.15, 0.2) is 5.78 Å². The molecule has 2 fully saturated rings. The molecule has 3 atom stereocenters. The minimum absolute atomic E-state index is 0.0159. The summed E-state index contributed by atoms with van der Waals surface area (Å²) in [6, 6.07) is 7.44. The van der Waals surface area contributed by atoms with Gasteiger partial charge in [0.2, 0.25) is 5.91 Å². The van der Waals surface area contributed by atoms with Crippen molar-refractivity contribution in [3.63, 3.8) is 0 Å². The molecule has 1 aromatic carbocycles. The zero-order chi connectivity index (χ0) is 23.3. The van der Waals surface area contributed by atoms with Crippen LogP contribution < -0.4 is 10.6 Å². The van der Waals surface area contributed by atoms with Gasteiger partial charge >= 0.3 is 0 Å². The summed E-state index contributed by atoms with van der Waals surface area (Å²) in [5.74, 6) is -0.434. The molecule has 7 nitrogen and oxygen atoms in total. The third-order valence-corrected chi connectivity index (χ3v) is 7.04. The molecule has 2 amide bonds. The average molecular weight is 444 g/mol. The molecule has 32 heavy (non-hydrogen) atoms. The summed E-state index contributed by atoms with van der Waals surface area (Å²) in [5, 5.41) is 5.82. The lowest BCUT2D eigenvalue weighted by atomic mass is 9.76. The summed E-state index contributed by atoms with van der Waals surface area (Å²) in [6.07, 6.45) is 2.41. The number of benzene rings is 1. The number of nitrogens with one attached hydrogen (secondary N) is 2. The highest BCUT2D eigenvalue weighted by atomic mass is 16.5. The lowest BCUT2D eigenvalue weighted by Crippen LogP contribution is -2.55. The van der Waals surface area contributed by atoms with Gasteiger partial charge < -0.3 is 20.3 Å². The topological polar surface area (TPSA) is 87.7 Å². The maximum Gasteiger partial charge on any atom is 0.251 e. The first-order chi connectivity index (χ1) is 15.2. The molecule has 0 aromatic heterocycles. The highest BCUT2D eigenvalue weighted by molar-refractivity contribution is 5.99. The van der Waals surface area contributed by atoms with Gasteiger partial charge in [-0.25, -0.2) is 0 Å². The molecule has 2 unspecified atom stereocenters. The van der Waals surface area contributed by atoms with Crippen molar-refractivity contribution in [2.24, 2.45) is 11.3 Å². The van der Waals surface area contributed by atoms with E-state index in [1.807, 2.05) is 6.07 Å². The molecule has 0 bridgehead atoms. The second kappa shape index (κ2) is 10.6. The van der Waals surface area contributed by atoms with Gasteiger partial charge in [-0.3, -0.25) is 14.4 Å². The van der Waals surface area contributed by atoms with Gasteiger partial charge in [-0.05, 0) is 55.8 Å². The molecule has 2 aliphatic rings. The van der Waals surface area contributed by atoms with E-state index in [0.717, 1.165) is 25.9 Å². The molecule has 3 rings (SSSR count). The fourth-order valence-electron chi connectivity index (χ4n) is 4.19. The normalized spacial score (nSPS) is 22.8. The molecule has 2 heterocycles. The van der Waals surface area contributed by atoms with Gasteiger partial charge in [-0.2, -0.15) is 0 Å². The van der Waals surface area contributed by atoms with Crippen molar-refractivity contribution >= 4 is 17.6 Å². The fourth-order valence-corrected chi connectivity index (χ4v) is 4.19. The number of rotatable bonds is 9. The highest BCUT2D eigenvalue weighted by Crippen LogP contribution is 2.31. The minimum Gasteiger partial charge on any atom is -0.366 e. The van der Waals surface area contributed by atoms with Crippen LogP contribution in [0.3, 0.4) is 0 Å². The van der Waals surface area contributed by atoms with E-state index in [1.165, 1.54) is 0 Å². The summed E-state index contributed by atoms with van der Waals surface area (Å²) in [4.78, 5) is 41.0. The maximum atomic E-state index is 13.3. The Morgan fingerprint density at radius 1 is 1.16 bits per heavy atom. The quantitative estimate of drug-likeness (QED) is 0.612. The SMILES string of the molecule is CC(C)C(C)(C)CC(NC(=O)c1ccccc1)C(=O)NC1C(=O)CO[C@H]1CN1CCCC1. The number of likely N-dealkylation sites (tertiary alicyclic amines) is 1. The Morgan fingerprint density at radius 2 is 1.81 bits per heavy atom. The van der Waals surface area contributed by atoms with Crippen LogP contribution in [0.4, 0.5) is 0 Å². The number of ether oxygens (including phenoxy) is 1. The lowest BCUT2D eigenvalue weighted by Gasteiger charge is -2.34. The van der Waals surface area contributed by atoms with Gasteiger partial charge in [-0.15, -0.1) is 0 Å². The van der Waals surface area contributed by atoms with E-state index < -0.39 is 12.1 Å². The number of amides is 2. The van der Waals surface area contributed by atoms with Crippen LogP contribution >= 0.6 is 0 Å². The van der Waals surface area contributed by atoms with Crippen LogP contribution in [0, 0.1) is 11.3 Å². The van der Waals surface area contributed by atoms with E-state index >= 15 is 0 Å². The molecule has 1 aromatic rings. The van der Waals surface area contributed by atoms with Crippen molar-refractivity contribution in [2.45, 2.75) is 65.1 Å². The Morgan fingerprint density at radius 3 is 2.44 bits per heavy atom. The number of hydrogen-bond acceptors (Lipinski definition) is 5. The van der Waals surface area contributed by atoms with E-state index in [1.54, 1.807) is 24.3 Å². The highest BCUT2D eigenvalue weighted by Gasteiger charge is 2.40. The van der Waals surface area contributed by atoms with Crippen molar-refractivity contribution in [3.8, 4) is 0 Å². The van der Waals surface area contributed by atoms with Crippen molar-refractivity contribution < 1.29 is 19.1 Å². The second-order valence-corrected chi connectivity index (χ2v) is 10.0. The van der Waals surface area contributed by atoms with E-state index in [2.05, 4.69) is 43.2 Å². The predicted molar refractivity (Wildman–Crippen MR) is 123 cm³/mol. The summed E-state index contributed by atoms with van der Waals surface area (Å²) in [7, 11) is 0. The minimum atomic E-state index is -0.749. The van der Waals surface area contributed by atoms with Gasteiger partial charge in [0, 0.05) is 12.1 Å². The van der Waals surface area contributed by atoms with Crippen molar-refractivity contribution in [2.75, 3.05) is 26.2 Å². The largest absolute Gasteiger partial charge is 0.366 e. The van der Waals surface area contributed by atoms with E-state index in [0.29, 0.717) is 24.4 Å². The average Bonchev–Trinajstić information content (AvgIpc) is 3.39. The number of hydrogen-bond donors (Lipinski definition) is 2. The summed E-state index contributed by atoms with van der Waals surface area (Å²) in [5.41, 5.74) is 0.316. The first-order valence-corrected chi connectivity index (χ1v) is 11.7. The molecule has 0 spiro atoms. The van der Waals surface area contributed by atoms with Crippen LogP contribution in [0.25, 0.3) is 0 Å². The first kappa shape index (κ1) is 24.4. The molecule has 2 aliphatic heterocycles. The molecule has 0 saturated carbocycles. The third kappa shape index (κ3) is 6.17. The first-order valence-electron chi connectivity index (χ1n) is 11.7. The monoisotopic (exact) mass is 443 g/mol. The predicted octanol–water partition coefficient (Wildman–Crippen LogP) is 2.41. The molecular weight excluding hydrogens is 406 g/mol. The van der Waals surface area contributed by atoms with Crippen LogP contribution in [0.2, 0.25) is 0 Å². The van der Waals surface area contributed by atoms with Gasteiger partial charge in [0.25, 0.3) is 5.91 Å². The summed E-state index contributed by atoms with van der Waals surface area (Å²) in [6.45, 7) is 11.0. The Kier molecular flexibility index (Phi) is 8.06. The number of carbonyl (C=O) groups excluding carboxylic acids is 3. The van der Waals surface area contributed by atoms with Crippen LogP contribution in [0.5, 0.6) is 0 Å². The summed E-state index contributed by atoms with van der Waals surface area (Å²) < 4.78 is 5.72. The Bertz CT molecular complexity index is 803. The molecule has 0 aliphatic carbocycles. The van der Waals surface area contributed by atoms with Gasteiger partial charge in [0.1, 0.15) is 18.7 Å². The van der Waals surface area contributed by atoms with Crippen LogP contribution in [-0.4, -0.2) is 66.9 Å². The second-order valence-electron chi connectivity index (χ2n) is 10.0. The molecule has 7 heteroatoms. The van der Waals surface area contributed by atoms with E-state index in [-0.39, 0.29) is 35.7 Å². The number of ketones is 1. The summed E-state index contributed by atoms with van der Waals surface area (Å²) >= 11 is 0. The zero-order valence-corrected chi connectivity index (χ0v) is 19.7. The number of Topliss-reactive ketones (excluding diaryl/α,β-unsaturated/α-hetero) is 1. The molecule has 176 valence electrons. The number of nitrogens with zero attached hydrogens (tertiary/aromatic N) is 1. The van der Waals surface area contributed by atoms with E-state index in [4.69, 9.17) is 4.74 Å². The van der Waals surface area contributed by atoms with E-state index in [9.17, 15) is 14.4 Å². The third-order valence-electron chi connectivity index (χ3n) is 7.04. The van der Waals surface area contributed by atoms with Gasteiger partial charge in [0.05, 0.1) is 6.10 Å². The van der Waals surface area contributed by atoms with Crippen molar-refractivity contribution in [3.05, 3.63) is 35.9 Å². The van der Waals surface area contributed by atoms with Crippen molar-refractivity contribution in [1.29, 1.82) is 0 Å². The smallest absolute Gasteiger partial charge is 0.251 e. The molecule has 0 radical (unpaired) electrons. The Hall–Kier alpha value is -2.25. The van der Waals surface area contributed by atoms with Gasteiger partial charge in [-0.1, -0.05) is 45.9 Å². The Labute approximate surface area is 191 Å². The maximum absolute atomic E-state index is 13.3. The zero-order valence-electron chi connectivity index (χ0n) is 19.7. The number of carbonyl (C=O) groups is 3.